The number of pyridine rings is 1. The molecule has 3 heterocycles. The summed E-state index contributed by atoms with van der Waals surface area (Å²) in [6, 6.07) is 7.41. The van der Waals surface area contributed by atoms with Crippen molar-refractivity contribution in [3.63, 3.8) is 0 Å². The number of hydrogen-bond donors (Lipinski definition) is 2. The van der Waals surface area contributed by atoms with Gasteiger partial charge in [-0.25, -0.2) is 14.2 Å². The standard InChI is InChI=1S/C18H13FN4O5/c19-10-2-1-3-12(8-10)28-13-5-4-11(9-20-13)23-14(24)6-7-18(23)15(25)21-17(27)22-16(18)26/h1-5,8-9H,6-7H2,(H2,21,22,25,26,27). The van der Waals surface area contributed by atoms with Crippen LogP contribution >= 0.6 is 0 Å². The molecule has 142 valence electrons. The molecule has 5 amide bonds. The molecule has 2 saturated heterocycles. The molecule has 2 aliphatic rings. The highest BCUT2D eigenvalue weighted by Gasteiger charge is 2.60. The fourth-order valence-corrected chi connectivity index (χ4v) is 3.28. The van der Waals surface area contributed by atoms with E-state index in [1.54, 1.807) is 6.07 Å². The molecule has 1 aromatic heterocycles. The largest absolute Gasteiger partial charge is 0.439 e. The van der Waals surface area contributed by atoms with Crippen LogP contribution in [0.2, 0.25) is 0 Å². The maximum atomic E-state index is 13.2. The van der Waals surface area contributed by atoms with Crippen LogP contribution in [-0.2, 0) is 14.4 Å². The number of ether oxygens (including phenoxy) is 1. The smallest absolute Gasteiger partial charge is 0.328 e. The van der Waals surface area contributed by atoms with Crippen LogP contribution in [0.25, 0.3) is 0 Å². The van der Waals surface area contributed by atoms with E-state index in [0.29, 0.717) is 0 Å². The minimum Gasteiger partial charge on any atom is -0.439 e. The van der Waals surface area contributed by atoms with Crippen LogP contribution in [-0.4, -0.2) is 34.3 Å². The first-order valence-corrected chi connectivity index (χ1v) is 8.29. The van der Waals surface area contributed by atoms with Crippen LogP contribution in [0.1, 0.15) is 12.8 Å². The second-order valence-corrected chi connectivity index (χ2v) is 6.24. The van der Waals surface area contributed by atoms with Crippen LogP contribution in [0.5, 0.6) is 11.6 Å². The number of nitrogens with one attached hydrogen (secondary N) is 2. The topological polar surface area (TPSA) is 118 Å². The summed E-state index contributed by atoms with van der Waals surface area (Å²) in [6.07, 6.45) is 1.14. The molecule has 4 rings (SSSR count). The van der Waals surface area contributed by atoms with Gasteiger partial charge in [0.25, 0.3) is 11.8 Å². The number of rotatable bonds is 3. The summed E-state index contributed by atoms with van der Waals surface area (Å²) in [5, 5.41) is 4.06. The van der Waals surface area contributed by atoms with Gasteiger partial charge in [0.2, 0.25) is 17.3 Å². The van der Waals surface area contributed by atoms with Crippen LogP contribution in [0.3, 0.4) is 0 Å². The molecule has 2 N–H and O–H groups in total. The molecule has 0 aliphatic carbocycles. The first-order valence-electron chi connectivity index (χ1n) is 8.29. The zero-order valence-electron chi connectivity index (χ0n) is 14.3. The maximum Gasteiger partial charge on any atom is 0.328 e. The Kier molecular flexibility index (Phi) is 4.03. The van der Waals surface area contributed by atoms with Gasteiger partial charge in [0.15, 0.2) is 0 Å². The van der Waals surface area contributed by atoms with Crippen molar-refractivity contribution in [2.24, 2.45) is 0 Å². The summed E-state index contributed by atoms with van der Waals surface area (Å²) in [6.45, 7) is 0. The van der Waals surface area contributed by atoms with E-state index in [1.807, 2.05) is 10.6 Å². The molecule has 9 nitrogen and oxygen atoms in total. The van der Waals surface area contributed by atoms with Crippen LogP contribution < -0.4 is 20.3 Å². The van der Waals surface area contributed by atoms with E-state index in [0.717, 1.165) is 4.90 Å². The van der Waals surface area contributed by atoms with Crippen molar-refractivity contribution in [3.8, 4) is 11.6 Å². The Morgan fingerprint density at radius 2 is 1.82 bits per heavy atom. The monoisotopic (exact) mass is 384 g/mol. The van der Waals surface area contributed by atoms with Crippen molar-refractivity contribution >= 4 is 29.4 Å². The normalized spacial score (nSPS) is 18.2. The van der Waals surface area contributed by atoms with Crippen molar-refractivity contribution in [3.05, 3.63) is 48.4 Å². The van der Waals surface area contributed by atoms with E-state index < -0.39 is 35.1 Å². The first-order chi connectivity index (χ1) is 13.4. The average Bonchev–Trinajstić information content (AvgIpc) is 2.99. The third-order valence-electron chi connectivity index (χ3n) is 4.53. The number of halogens is 1. The average molecular weight is 384 g/mol. The molecule has 2 aliphatic heterocycles. The number of hydrogen-bond acceptors (Lipinski definition) is 6. The fourth-order valence-electron chi connectivity index (χ4n) is 3.28. The number of carbonyl (C=O) groups excluding carboxylic acids is 4. The highest BCUT2D eigenvalue weighted by molar-refractivity contribution is 6.28. The number of nitrogens with zero attached hydrogens (tertiary/aromatic N) is 2. The Hall–Kier alpha value is -3.82. The number of benzene rings is 1. The van der Waals surface area contributed by atoms with Crippen molar-refractivity contribution in [1.82, 2.24) is 15.6 Å². The van der Waals surface area contributed by atoms with Gasteiger partial charge < -0.3 is 4.74 Å². The van der Waals surface area contributed by atoms with Crippen molar-refractivity contribution in [1.29, 1.82) is 0 Å². The minimum absolute atomic E-state index is 0.0451. The van der Waals surface area contributed by atoms with Gasteiger partial charge in [0.05, 0.1) is 11.9 Å². The lowest BCUT2D eigenvalue weighted by Crippen LogP contribution is -2.72. The fraction of sp³-hybridized carbons (Fsp3) is 0.167. The van der Waals surface area contributed by atoms with Gasteiger partial charge in [-0.3, -0.25) is 29.9 Å². The number of barbiturate groups is 1. The number of urea groups is 1. The highest BCUT2D eigenvalue weighted by Crippen LogP contribution is 2.37. The van der Waals surface area contributed by atoms with Gasteiger partial charge in [-0.1, -0.05) is 6.07 Å². The van der Waals surface area contributed by atoms with Gasteiger partial charge >= 0.3 is 6.03 Å². The van der Waals surface area contributed by atoms with Crippen LogP contribution in [0, 0.1) is 5.82 Å². The molecule has 2 fully saturated rings. The SMILES string of the molecule is O=C1NC(=O)C2(CCC(=O)N2c2ccc(Oc3cccc(F)c3)nc2)C(=O)N1. The first kappa shape index (κ1) is 17.6. The van der Waals surface area contributed by atoms with E-state index in [-0.39, 0.29) is 30.2 Å². The lowest BCUT2D eigenvalue weighted by atomic mass is 9.92. The number of amides is 5. The summed E-state index contributed by atoms with van der Waals surface area (Å²) in [5.74, 6) is -2.30. The zero-order valence-corrected chi connectivity index (χ0v) is 14.3. The number of imide groups is 2. The summed E-state index contributed by atoms with van der Waals surface area (Å²) in [5.41, 5.74) is -1.66. The van der Waals surface area contributed by atoms with Crippen LogP contribution in [0.15, 0.2) is 42.6 Å². The van der Waals surface area contributed by atoms with Crippen molar-refractivity contribution in [2.75, 3.05) is 4.90 Å². The van der Waals surface area contributed by atoms with Crippen molar-refractivity contribution in [2.45, 2.75) is 18.4 Å². The van der Waals surface area contributed by atoms with Gasteiger partial charge in [-0.2, -0.15) is 0 Å². The Morgan fingerprint density at radius 1 is 1.07 bits per heavy atom. The Labute approximate surface area is 157 Å². The Balaban J connectivity index is 1.64. The lowest BCUT2D eigenvalue weighted by Gasteiger charge is -2.37. The highest BCUT2D eigenvalue weighted by atomic mass is 19.1. The number of anilines is 1. The Bertz CT molecular complexity index is 987. The molecule has 2 aromatic rings. The summed E-state index contributed by atoms with van der Waals surface area (Å²) in [4.78, 5) is 53.8. The summed E-state index contributed by atoms with van der Waals surface area (Å²) >= 11 is 0. The molecule has 28 heavy (non-hydrogen) atoms. The van der Waals surface area contributed by atoms with Gasteiger partial charge in [0, 0.05) is 18.6 Å². The van der Waals surface area contributed by atoms with E-state index >= 15 is 0 Å². The van der Waals surface area contributed by atoms with Gasteiger partial charge in [-0.05, 0) is 24.6 Å². The van der Waals surface area contributed by atoms with Gasteiger partial charge in [-0.15, -0.1) is 0 Å². The third kappa shape index (κ3) is 2.75. The molecular formula is C18H13FN4O5. The molecule has 0 saturated carbocycles. The molecule has 1 aromatic carbocycles. The second-order valence-electron chi connectivity index (χ2n) is 6.24. The lowest BCUT2D eigenvalue weighted by molar-refractivity contribution is -0.138. The van der Waals surface area contributed by atoms with Crippen molar-refractivity contribution < 1.29 is 28.3 Å². The summed E-state index contributed by atoms with van der Waals surface area (Å²) < 4.78 is 18.7. The van der Waals surface area contributed by atoms with E-state index in [1.165, 1.54) is 36.5 Å². The zero-order chi connectivity index (χ0) is 19.9. The van der Waals surface area contributed by atoms with E-state index in [4.69, 9.17) is 4.74 Å². The second kappa shape index (κ2) is 6.41. The third-order valence-corrected chi connectivity index (χ3v) is 4.53. The van der Waals surface area contributed by atoms with Gasteiger partial charge in [0.1, 0.15) is 11.6 Å². The molecule has 1 spiro atoms. The minimum atomic E-state index is -1.85. The number of carbonyl (C=O) groups is 4. The van der Waals surface area contributed by atoms with Crippen LogP contribution in [0.4, 0.5) is 14.9 Å². The molecule has 0 atom stereocenters. The molecule has 0 unspecified atom stereocenters. The molecule has 0 bridgehead atoms. The van der Waals surface area contributed by atoms with E-state index in [9.17, 15) is 23.6 Å². The number of aromatic nitrogens is 1. The van der Waals surface area contributed by atoms with E-state index in [2.05, 4.69) is 4.98 Å². The molecule has 10 heteroatoms. The maximum absolute atomic E-state index is 13.2. The Morgan fingerprint density at radius 3 is 2.46 bits per heavy atom. The molecular weight excluding hydrogens is 371 g/mol. The predicted molar refractivity (Wildman–Crippen MR) is 91.8 cm³/mol. The predicted octanol–water partition coefficient (Wildman–Crippen LogP) is 1.24. The quantitative estimate of drug-likeness (QED) is 0.769. The molecule has 0 radical (unpaired) electrons. The summed E-state index contributed by atoms with van der Waals surface area (Å²) in [7, 11) is 0.